The lowest BCUT2D eigenvalue weighted by molar-refractivity contribution is -0.121. The molecule has 152 valence electrons. The number of hydrogen-bond donors (Lipinski definition) is 1. The minimum atomic E-state index is -3.69. The third-order valence-electron chi connectivity index (χ3n) is 4.22. The molecule has 28 heavy (non-hydrogen) atoms. The molecule has 0 atom stereocenters. The quantitative estimate of drug-likeness (QED) is 0.545. The van der Waals surface area contributed by atoms with E-state index in [2.05, 4.69) is 38.3 Å². The van der Waals surface area contributed by atoms with Gasteiger partial charge >= 0.3 is 0 Å². The number of amides is 1. The first kappa shape index (κ1) is 22.5. The molecule has 0 fully saturated rings. The second-order valence-corrected chi connectivity index (χ2v) is 9.60. The number of nitrogens with zero attached hydrogens (tertiary/aromatic N) is 2. The van der Waals surface area contributed by atoms with Crippen molar-refractivity contribution in [2.24, 2.45) is 0 Å². The topological polar surface area (TPSA) is 69.7 Å². The van der Waals surface area contributed by atoms with Gasteiger partial charge in [-0.3, -0.25) is 4.79 Å². The number of likely N-dealkylation sites (N-methyl/N-ethyl adjacent to an activating group) is 1. The van der Waals surface area contributed by atoms with Gasteiger partial charge in [-0.05, 0) is 49.8 Å². The summed E-state index contributed by atoms with van der Waals surface area (Å²) >= 11 is 3.28. The maximum Gasteiger partial charge on any atom is 0.243 e. The van der Waals surface area contributed by atoms with E-state index in [4.69, 9.17) is 0 Å². The van der Waals surface area contributed by atoms with Crippen LogP contribution in [0.2, 0.25) is 0 Å². The van der Waals surface area contributed by atoms with E-state index in [1.807, 2.05) is 25.2 Å². The normalized spacial score (nSPS) is 11.8. The van der Waals surface area contributed by atoms with E-state index in [-0.39, 0.29) is 17.3 Å². The molecular formula is C20H26BrN3O3S. The standard InChI is InChI=1S/C20H26BrN3O3S/c1-23(15-17-7-4-3-5-8-17)14-6-13-22-20(25)16-24(2)28(26,27)19-11-9-18(21)10-12-19/h3-5,7-12H,6,13-16H2,1-2H3,(H,22,25). The molecule has 2 aromatic carbocycles. The van der Waals surface area contributed by atoms with Crippen molar-refractivity contribution in [1.29, 1.82) is 0 Å². The average Bonchev–Trinajstić information content (AvgIpc) is 2.66. The second kappa shape index (κ2) is 10.7. The lowest BCUT2D eigenvalue weighted by atomic mass is 10.2. The SMILES string of the molecule is CN(CCCNC(=O)CN(C)S(=O)(=O)c1ccc(Br)cc1)Cc1ccccc1. The van der Waals surface area contributed by atoms with Crippen molar-refractivity contribution < 1.29 is 13.2 Å². The molecule has 1 N–H and O–H groups in total. The summed E-state index contributed by atoms with van der Waals surface area (Å²) in [4.78, 5) is 14.4. The van der Waals surface area contributed by atoms with E-state index >= 15 is 0 Å². The molecular weight excluding hydrogens is 442 g/mol. The molecule has 0 unspecified atom stereocenters. The van der Waals surface area contributed by atoms with Gasteiger partial charge in [0, 0.05) is 24.6 Å². The zero-order chi connectivity index (χ0) is 20.6. The molecule has 2 aromatic rings. The van der Waals surface area contributed by atoms with Crippen molar-refractivity contribution in [2.45, 2.75) is 17.9 Å². The molecule has 0 aromatic heterocycles. The Morgan fingerprint density at radius 2 is 1.68 bits per heavy atom. The lowest BCUT2D eigenvalue weighted by Crippen LogP contribution is -2.39. The highest BCUT2D eigenvalue weighted by Crippen LogP contribution is 2.17. The van der Waals surface area contributed by atoms with Crippen LogP contribution in [-0.2, 0) is 21.4 Å². The smallest absolute Gasteiger partial charge is 0.243 e. The van der Waals surface area contributed by atoms with Gasteiger partial charge in [0.1, 0.15) is 0 Å². The molecule has 1 amide bonds. The third-order valence-corrected chi connectivity index (χ3v) is 6.57. The molecule has 6 nitrogen and oxygen atoms in total. The Morgan fingerprint density at radius 1 is 1.04 bits per heavy atom. The Balaban J connectivity index is 1.72. The van der Waals surface area contributed by atoms with Crippen LogP contribution in [0.5, 0.6) is 0 Å². The van der Waals surface area contributed by atoms with Gasteiger partial charge in [-0.25, -0.2) is 8.42 Å². The molecule has 0 aliphatic rings. The fraction of sp³-hybridized carbons (Fsp3) is 0.350. The maximum absolute atomic E-state index is 12.5. The van der Waals surface area contributed by atoms with E-state index in [1.54, 1.807) is 12.1 Å². The number of carbonyl (C=O) groups excluding carboxylic acids is 1. The van der Waals surface area contributed by atoms with E-state index in [9.17, 15) is 13.2 Å². The van der Waals surface area contributed by atoms with Crippen LogP contribution >= 0.6 is 15.9 Å². The van der Waals surface area contributed by atoms with Crippen LogP contribution in [-0.4, -0.2) is 57.3 Å². The molecule has 0 aliphatic heterocycles. The maximum atomic E-state index is 12.5. The van der Waals surface area contributed by atoms with Gasteiger partial charge in [0.25, 0.3) is 0 Å². The fourth-order valence-electron chi connectivity index (χ4n) is 2.68. The summed E-state index contributed by atoms with van der Waals surface area (Å²) in [7, 11) is -0.244. The molecule has 0 radical (unpaired) electrons. The average molecular weight is 468 g/mol. The summed E-state index contributed by atoms with van der Waals surface area (Å²) in [5.41, 5.74) is 1.24. The molecule has 0 saturated carbocycles. The van der Waals surface area contributed by atoms with E-state index in [1.165, 1.54) is 24.7 Å². The molecule has 2 rings (SSSR count). The predicted molar refractivity (Wildman–Crippen MR) is 114 cm³/mol. The Bertz CT molecular complexity index is 858. The van der Waals surface area contributed by atoms with Crippen molar-refractivity contribution in [3.05, 3.63) is 64.6 Å². The van der Waals surface area contributed by atoms with Crippen LogP contribution in [0.1, 0.15) is 12.0 Å². The van der Waals surface area contributed by atoms with Gasteiger partial charge in [0.2, 0.25) is 15.9 Å². The number of halogens is 1. The van der Waals surface area contributed by atoms with Crippen molar-refractivity contribution in [1.82, 2.24) is 14.5 Å². The Kier molecular flexibility index (Phi) is 8.62. The summed E-state index contributed by atoms with van der Waals surface area (Å²) < 4.78 is 26.8. The van der Waals surface area contributed by atoms with Crippen LogP contribution in [0.15, 0.2) is 64.0 Å². The van der Waals surface area contributed by atoms with Crippen molar-refractivity contribution in [3.63, 3.8) is 0 Å². The molecule has 8 heteroatoms. The molecule has 0 spiro atoms. The van der Waals surface area contributed by atoms with Crippen molar-refractivity contribution >= 4 is 31.9 Å². The fourth-order valence-corrected chi connectivity index (χ4v) is 4.07. The zero-order valence-electron chi connectivity index (χ0n) is 16.1. The third kappa shape index (κ3) is 7.01. The Morgan fingerprint density at radius 3 is 2.32 bits per heavy atom. The number of nitrogens with one attached hydrogen (secondary N) is 1. The van der Waals surface area contributed by atoms with Gasteiger partial charge in [0.15, 0.2) is 0 Å². The van der Waals surface area contributed by atoms with Gasteiger partial charge in [-0.15, -0.1) is 0 Å². The molecule has 0 bridgehead atoms. The van der Waals surface area contributed by atoms with Crippen LogP contribution in [0.3, 0.4) is 0 Å². The summed E-state index contributed by atoms with van der Waals surface area (Å²) in [5.74, 6) is -0.311. The minimum Gasteiger partial charge on any atom is -0.355 e. The van der Waals surface area contributed by atoms with Gasteiger partial charge in [0.05, 0.1) is 11.4 Å². The first-order valence-electron chi connectivity index (χ1n) is 9.00. The summed E-state index contributed by atoms with van der Waals surface area (Å²) in [6.45, 7) is 1.98. The summed E-state index contributed by atoms with van der Waals surface area (Å²) in [6, 6.07) is 16.5. The summed E-state index contributed by atoms with van der Waals surface area (Å²) in [6.07, 6.45) is 0.790. The highest BCUT2D eigenvalue weighted by atomic mass is 79.9. The molecule has 0 heterocycles. The van der Waals surface area contributed by atoms with Gasteiger partial charge < -0.3 is 10.2 Å². The summed E-state index contributed by atoms with van der Waals surface area (Å²) in [5, 5.41) is 2.79. The Hall–Kier alpha value is -1.74. The van der Waals surface area contributed by atoms with Gasteiger partial charge in [-0.1, -0.05) is 46.3 Å². The predicted octanol–water partition coefficient (Wildman–Crippen LogP) is 2.71. The van der Waals surface area contributed by atoms with Crippen LogP contribution in [0.25, 0.3) is 0 Å². The van der Waals surface area contributed by atoms with Gasteiger partial charge in [-0.2, -0.15) is 4.31 Å². The number of sulfonamides is 1. The van der Waals surface area contributed by atoms with Crippen LogP contribution < -0.4 is 5.32 Å². The largest absolute Gasteiger partial charge is 0.355 e. The van der Waals surface area contributed by atoms with Crippen molar-refractivity contribution in [2.75, 3.05) is 33.7 Å². The first-order chi connectivity index (χ1) is 13.3. The molecule has 0 aliphatic carbocycles. The van der Waals surface area contributed by atoms with E-state index in [0.29, 0.717) is 6.54 Å². The highest BCUT2D eigenvalue weighted by molar-refractivity contribution is 9.10. The lowest BCUT2D eigenvalue weighted by Gasteiger charge is -2.18. The number of rotatable bonds is 10. The van der Waals surface area contributed by atoms with Crippen LogP contribution in [0, 0.1) is 0 Å². The second-order valence-electron chi connectivity index (χ2n) is 6.64. The zero-order valence-corrected chi connectivity index (χ0v) is 18.5. The van der Waals surface area contributed by atoms with Crippen molar-refractivity contribution in [3.8, 4) is 0 Å². The van der Waals surface area contributed by atoms with E-state index in [0.717, 1.165) is 28.3 Å². The minimum absolute atomic E-state index is 0.161. The number of hydrogen-bond acceptors (Lipinski definition) is 4. The number of benzene rings is 2. The monoisotopic (exact) mass is 467 g/mol. The highest BCUT2D eigenvalue weighted by Gasteiger charge is 2.22. The Labute approximate surface area is 175 Å². The first-order valence-corrected chi connectivity index (χ1v) is 11.2. The van der Waals surface area contributed by atoms with Crippen LogP contribution in [0.4, 0.5) is 0 Å². The van der Waals surface area contributed by atoms with E-state index < -0.39 is 10.0 Å². The number of carbonyl (C=O) groups is 1. The molecule has 0 saturated heterocycles.